The van der Waals surface area contributed by atoms with Crippen molar-refractivity contribution < 1.29 is 18.7 Å². The maximum absolute atomic E-state index is 13.3. The van der Waals surface area contributed by atoms with Crippen LogP contribution in [0.3, 0.4) is 0 Å². The number of hydrogen-bond acceptors (Lipinski definition) is 5. The van der Waals surface area contributed by atoms with Gasteiger partial charge in [-0.05, 0) is 37.1 Å². The minimum Gasteiger partial charge on any atom is -0.448 e. The third-order valence-corrected chi connectivity index (χ3v) is 4.34. The molecule has 1 heterocycles. The summed E-state index contributed by atoms with van der Waals surface area (Å²) in [6.07, 6.45) is -1.16. The largest absolute Gasteiger partial charge is 0.448 e. The Labute approximate surface area is 172 Å². The third-order valence-electron chi connectivity index (χ3n) is 4.34. The second-order valence-electron chi connectivity index (χ2n) is 7.32. The van der Waals surface area contributed by atoms with Gasteiger partial charge in [-0.25, -0.2) is 13.9 Å². The van der Waals surface area contributed by atoms with Gasteiger partial charge in [0.2, 0.25) is 0 Å². The van der Waals surface area contributed by atoms with Gasteiger partial charge in [-0.3, -0.25) is 9.59 Å². The molecule has 0 aliphatic heterocycles. The molecule has 0 saturated heterocycles. The summed E-state index contributed by atoms with van der Waals surface area (Å²) < 4.78 is 19.8. The van der Waals surface area contributed by atoms with E-state index in [1.165, 1.54) is 29.8 Å². The molecule has 1 N–H and O–H groups in total. The quantitative estimate of drug-likeness (QED) is 0.628. The van der Waals surface area contributed by atoms with E-state index in [2.05, 4.69) is 10.4 Å². The van der Waals surface area contributed by atoms with Crippen LogP contribution in [0, 0.1) is 11.7 Å². The first-order valence-electron chi connectivity index (χ1n) is 9.53. The van der Waals surface area contributed by atoms with Gasteiger partial charge in [-0.1, -0.05) is 38.1 Å². The van der Waals surface area contributed by atoms with E-state index in [-0.39, 0.29) is 22.9 Å². The SMILES string of the molecule is CC(C)Cn1nc(C(=O)OC(C)C(=O)Nc2cccc(F)c2)c2ccccc2c1=O. The summed E-state index contributed by atoms with van der Waals surface area (Å²) in [5, 5.41) is 7.38. The average Bonchev–Trinajstić information content (AvgIpc) is 2.69. The Hall–Kier alpha value is -3.55. The summed E-state index contributed by atoms with van der Waals surface area (Å²) in [7, 11) is 0. The molecular weight excluding hydrogens is 389 g/mol. The molecule has 2 aromatic carbocycles. The minimum absolute atomic E-state index is 0.0451. The first kappa shape index (κ1) is 21.2. The molecule has 0 aliphatic carbocycles. The predicted octanol–water partition coefficient (Wildman–Crippen LogP) is 3.38. The van der Waals surface area contributed by atoms with Crippen molar-refractivity contribution in [3.05, 3.63) is 70.4 Å². The van der Waals surface area contributed by atoms with Crippen LogP contribution in [0.15, 0.2) is 53.3 Å². The number of nitrogens with one attached hydrogen (secondary N) is 1. The number of esters is 1. The predicted molar refractivity (Wildman–Crippen MR) is 111 cm³/mol. The van der Waals surface area contributed by atoms with Crippen LogP contribution in [0.4, 0.5) is 10.1 Å². The lowest BCUT2D eigenvalue weighted by Crippen LogP contribution is -2.32. The van der Waals surface area contributed by atoms with Crippen LogP contribution in [0.5, 0.6) is 0 Å². The molecule has 1 unspecified atom stereocenters. The molecule has 0 saturated carbocycles. The van der Waals surface area contributed by atoms with Crippen molar-refractivity contribution >= 4 is 28.3 Å². The number of aromatic nitrogens is 2. The normalized spacial score (nSPS) is 12.0. The summed E-state index contributed by atoms with van der Waals surface area (Å²) in [5.74, 6) is -1.81. The molecule has 1 aromatic heterocycles. The fourth-order valence-electron chi connectivity index (χ4n) is 2.94. The number of fused-ring (bicyclic) bond motifs is 1. The van der Waals surface area contributed by atoms with E-state index < -0.39 is 23.8 Å². The minimum atomic E-state index is -1.16. The molecule has 0 aliphatic rings. The first-order chi connectivity index (χ1) is 14.3. The molecule has 30 heavy (non-hydrogen) atoms. The van der Waals surface area contributed by atoms with Gasteiger partial charge in [-0.15, -0.1) is 0 Å². The summed E-state index contributed by atoms with van der Waals surface area (Å²) >= 11 is 0. The molecule has 0 radical (unpaired) electrons. The monoisotopic (exact) mass is 411 g/mol. The van der Waals surface area contributed by atoms with Crippen molar-refractivity contribution in [1.29, 1.82) is 0 Å². The molecule has 0 bridgehead atoms. The third kappa shape index (κ3) is 4.71. The van der Waals surface area contributed by atoms with Gasteiger partial charge in [0.05, 0.1) is 5.39 Å². The highest BCUT2D eigenvalue weighted by atomic mass is 19.1. The molecule has 156 valence electrons. The Morgan fingerprint density at radius 2 is 1.80 bits per heavy atom. The fourth-order valence-corrected chi connectivity index (χ4v) is 2.94. The zero-order chi connectivity index (χ0) is 21.8. The molecule has 3 aromatic rings. The van der Waals surface area contributed by atoms with Gasteiger partial charge in [0.25, 0.3) is 11.5 Å². The summed E-state index contributed by atoms with van der Waals surface area (Å²) in [6.45, 7) is 5.60. The Balaban J connectivity index is 1.86. The Bertz CT molecular complexity index is 1160. The van der Waals surface area contributed by atoms with Crippen molar-refractivity contribution in [3.63, 3.8) is 0 Å². The fraction of sp³-hybridized carbons (Fsp3) is 0.273. The lowest BCUT2D eigenvalue weighted by molar-refractivity contribution is -0.123. The summed E-state index contributed by atoms with van der Waals surface area (Å²) in [5.41, 5.74) is -0.0963. The topological polar surface area (TPSA) is 90.3 Å². The van der Waals surface area contributed by atoms with Gasteiger partial charge in [0.1, 0.15) is 5.82 Å². The zero-order valence-corrected chi connectivity index (χ0v) is 16.9. The van der Waals surface area contributed by atoms with Gasteiger partial charge in [0, 0.05) is 17.6 Å². The molecule has 7 nitrogen and oxygen atoms in total. The van der Waals surface area contributed by atoms with E-state index in [1.54, 1.807) is 24.3 Å². The number of halogens is 1. The Morgan fingerprint density at radius 3 is 2.47 bits per heavy atom. The highest BCUT2D eigenvalue weighted by molar-refractivity contribution is 6.03. The van der Waals surface area contributed by atoms with Crippen LogP contribution in [-0.2, 0) is 16.1 Å². The number of amides is 1. The maximum Gasteiger partial charge on any atom is 0.360 e. The van der Waals surface area contributed by atoms with E-state index >= 15 is 0 Å². The average molecular weight is 411 g/mol. The lowest BCUT2D eigenvalue weighted by Gasteiger charge is -2.15. The van der Waals surface area contributed by atoms with Gasteiger partial charge in [-0.2, -0.15) is 5.10 Å². The highest BCUT2D eigenvalue weighted by Gasteiger charge is 2.23. The molecule has 0 fully saturated rings. The summed E-state index contributed by atoms with van der Waals surface area (Å²) in [6, 6.07) is 12.0. The van der Waals surface area contributed by atoms with Gasteiger partial charge >= 0.3 is 5.97 Å². The van der Waals surface area contributed by atoms with Crippen molar-refractivity contribution in [3.8, 4) is 0 Å². The van der Waals surface area contributed by atoms with Crippen molar-refractivity contribution in [1.82, 2.24) is 9.78 Å². The van der Waals surface area contributed by atoms with Crippen LogP contribution in [0.25, 0.3) is 10.8 Å². The van der Waals surface area contributed by atoms with Gasteiger partial charge < -0.3 is 10.1 Å². The highest BCUT2D eigenvalue weighted by Crippen LogP contribution is 2.16. The van der Waals surface area contributed by atoms with Crippen LogP contribution in [-0.4, -0.2) is 27.8 Å². The van der Waals surface area contributed by atoms with Crippen LogP contribution >= 0.6 is 0 Å². The molecule has 8 heteroatoms. The summed E-state index contributed by atoms with van der Waals surface area (Å²) in [4.78, 5) is 37.8. The Morgan fingerprint density at radius 1 is 1.10 bits per heavy atom. The van der Waals surface area contributed by atoms with E-state index in [0.29, 0.717) is 17.3 Å². The van der Waals surface area contributed by atoms with Gasteiger partial charge in [0.15, 0.2) is 11.8 Å². The van der Waals surface area contributed by atoms with E-state index in [4.69, 9.17) is 4.74 Å². The lowest BCUT2D eigenvalue weighted by atomic mass is 10.1. The molecule has 1 amide bonds. The Kier molecular flexibility index (Phi) is 6.25. The molecule has 3 rings (SSSR count). The number of carbonyl (C=O) groups excluding carboxylic acids is 2. The second-order valence-corrected chi connectivity index (χ2v) is 7.32. The van der Waals surface area contributed by atoms with E-state index in [0.717, 1.165) is 6.07 Å². The number of anilines is 1. The second kappa shape index (κ2) is 8.86. The van der Waals surface area contributed by atoms with Crippen molar-refractivity contribution in [2.75, 3.05) is 5.32 Å². The van der Waals surface area contributed by atoms with E-state index in [9.17, 15) is 18.8 Å². The van der Waals surface area contributed by atoms with Crippen LogP contribution in [0.2, 0.25) is 0 Å². The van der Waals surface area contributed by atoms with Crippen molar-refractivity contribution in [2.45, 2.75) is 33.4 Å². The first-order valence-corrected chi connectivity index (χ1v) is 9.53. The molecule has 1 atom stereocenters. The number of hydrogen-bond donors (Lipinski definition) is 1. The number of nitrogens with zero attached hydrogens (tertiary/aromatic N) is 2. The van der Waals surface area contributed by atoms with Crippen LogP contribution in [0.1, 0.15) is 31.3 Å². The number of carbonyl (C=O) groups is 2. The number of benzene rings is 2. The van der Waals surface area contributed by atoms with Crippen molar-refractivity contribution in [2.24, 2.45) is 5.92 Å². The number of ether oxygens (including phenoxy) is 1. The molecule has 0 spiro atoms. The zero-order valence-electron chi connectivity index (χ0n) is 16.9. The smallest absolute Gasteiger partial charge is 0.360 e. The standard InChI is InChI=1S/C22H22FN3O4/c1-13(2)12-26-21(28)18-10-5-4-9-17(18)19(25-26)22(29)30-14(3)20(27)24-16-8-6-7-15(23)11-16/h4-11,13-14H,12H2,1-3H3,(H,24,27). The molecular formula is C22H22FN3O4. The number of rotatable bonds is 6. The maximum atomic E-state index is 13.3. The van der Waals surface area contributed by atoms with E-state index in [1.807, 2.05) is 13.8 Å². The van der Waals surface area contributed by atoms with Crippen LogP contribution < -0.4 is 10.9 Å².